The molecule has 40 heavy (non-hydrogen) atoms. The first-order valence-electron chi connectivity index (χ1n) is 12.0. The molecule has 0 spiro atoms. The summed E-state index contributed by atoms with van der Waals surface area (Å²) < 4.78 is 137. The highest BCUT2D eigenvalue weighted by atomic mass is 28.5. The molecule has 0 aliphatic heterocycles. The van der Waals surface area contributed by atoms with E-state index < -0.39 is 94.9 Å². The second-order valence-electron chi connectivity index (χ2n) is 12.1. The molecule has 0 aromatic carbocycles. The molecule has 0 heterocycles. The van der Waals surface area contributed by atoms with Gasteiger partial charge in [-0.25, -0.2) is 9.59 Å². The predicted molar refractivity (Wildman–Crippen MR) is 141 cm³/mol. The van der Waals surface area contributed by atoms with Crippen molar-refractivity contribution in [3.63, 3.8) is 0 Å². The summed E-state index contributed by atoms with van der Waals surface area (Å²) in [5.74, 6) is -28.6. The van der Waals surface area contributed by atoms with Crippen molar-refractivity contribution >= 4 is 45.7 Å². The van der Waals surface area contributed by atoms with E-state index in [9.17, 15) is 35.9 Å². The zero-order valence-electron chi connectivity index (χ0n) is 24.1. The van der Waals surface area contributed by atoms with Crippen LogP contribution in [0.25, 0.3) is 0 Å². The van der Waals surface area contributed by atoms with Gasteiger partial charge in [0.2, 0.25) is 0 Å². The number of hydrogen-bond donors (Lipinski definition) is 1. The van der Waals surface area contributed by atoms with Gasteiger partial charge in [-0.2, -0.15) is 35.1 Å². The molecule has 0 rings (SSSR count). The maximum Gasteiger partial charge on any atom is 0.469 e. The van der Waals surface area contributed by atoms with Gasteiger partial charge >= 0.3 is 44.4 Å². The van der Waals surface area contributed by atoms with E-state index in [-0.39, 0.29) is 12.2 Å². The lowest BCUT2D eigenvalue weighted by Crippen LogP contribution is -2.66. The van der Waals surface area contributed by atoms with E-state index in [1.165, 1.54) is 0 Å². The third-order valence-electron chi connectivity index (χ3n) is 4.49. The van der Waals surface area contributed by atoms with E-state index >= 15 is 8.78 Å². The van der Waals surface area contributed by atoms with E-state index in [1.807, 2.05) is 0 Å². The lowest BCUT2D eigenvalue weighted by Gasteiger charge is -2.44. The van der Waals surface area contributed by atoms with Gasteiger partial charge in [-0.15, -0.1) is 0 Å². The Bertz CT molecular complexity index is 883. The smallest absolute Gasteiger partial charge is 0.469 e. The highest BCUT2D eigenvalue weighted by Gasteiger charge is 2.81. The average molecular weight is 667 g/mol. The monoisotopic (exact) mass is 666 g/mol. The molecule has 0 radical (unpaired) electrons. The van der Waals surface area contributed by atoms with Crippen molar-refractivity contribution < 1.29 is 66.9 Å². The van der Waals surface area contributed by atoms with Gasteiger partial charge in [-0.05, 0) is 65.3 Å². The molecule has 0 saturated carbocycles. The first-order chi connectivity index (χ1) is 17.3. The quantitative estimate of drug-likeness (QED) is 0.0823. The molecule has 0 bridgehead atoms. The number of carbonyl (C=O) groups excluding carboxylic acids is 1. The second kappa shape index (κ2) is 12.6. The van der Waals surface area contributed by atoms with Crippen LogP contribution < -0.4 is 0 Å². The molecule has 0 amide bonds. The van der Waals surface area contributed by atoms with Crippen LogP contribution in [0.1, 0.15) is 13.3 Å². The number of carboxylic acid groups (broad SMARTS) is 1. The van der Waals surface area contributed by atoms with Crippen LogP contribution in [0.2, 0.25) is 65.0 Å². The molecular formula is C21H38F8O7Si4. The maximum absolute atomic E-state index is 15.2. The van der Waals surface area contributed by atoms with E-state index in [4.69, 9.17) is 17.5 Å². The molecule has 0 aliphatic rings. The predicted octanol–water partition coefficient (Wildman–Crippen LogP) is 6.98. The summed E-state index contributed by atoms with van der Waals surface area (Å²) in [6.45, 7) is 14.7. The standard InChI is InChI=1S/C21H38F8O7Si4/c1-18(22,23)20(26,27)21(28,29)19(24,25)15(33-17(32)12-11-16(30)31)13-14-40(34-37(2,3)4,35-38(5,6)7)36-39(8,9)10/h11-12,15H,13-14H2,1-10H3,(H,30,31). The molecule has 0 saturated heterocycles. The molecule has 0 aliphatic carbocycles. The average Bonchev–Trinajstić information content (AvgIpc) is 2.63. The minimum atomic E-state index is -6.72. The van der Waals surface area contributed by atoms with E-state index in [2.05, 4.69) is 4.74 Å². The maximum atomic E-state index is 15.2. The molecular weight excluding hydrogens is 629 g/mol. The first kappa shape index (κ1) is 38.9. The summed E-state index contributed by atoms with van der Waals surface area (Å²) in [7, 11) is -12.0. The fourth-order valence-electron chi connectivity index (χ4n) is 3.24. The highest BCUT2D eigenvalue weighted by molar-refractivity contribution is 6.90. The number of esters is 1. The van der Waals surface area contributed by atoms with Crippen molar-refractivity contribution in [2.75, 3.05) is 0 Å². The largest absolute Gasteiger partial charge is 0.478 e. The lowest BCUT2D eigenvalue weighted by molar-refractivity contribution is -0.376. The fraction of sp³-hybridized carbons (Fsp3) is 0.810. The van der Waals surface area contributed by atoms with Gasteiger partial charge in [-0.3, -0.25) is 0 Å². The third kappa shape index (κ3) is 11.3. The van der Waals surface area contributed by atoms with Crippen molar-refractivity contribution in [2.24, 2.45) is 0 Å². The topological polar surface area (TPSA) is 91.3 Å². The second-order valence-corrected chi connectivity index (χ2v) is 29.1. The molecule has 0 aromatic heterocycles. The molecule has 1 unspecified atom stereocenters. The molecule has 1 N–H and O–H groups in total. The van der Waals surface area contributed by atoms with Crippen LogP contribution in [0, 0.1) is 0 Å². The SMILES string of the molecule is CC(F)(F)C(F)(F)C(F)(F)C(F)(F)C(CC[Si](O[Si](C)(C)C)(O[Si](C)(C)C)O[Si](C)(C)C)OC(=O)C=CC(=O)O. The zero-order valence-corrected chi connectivity index (χ0v) is 28.1. The number of rotatable bonds is 16. The zero-order chi connectivity index (χ0) is 32.4. The third-order valence-corrected chi connectivity index (χ3v) is 16.5. The minimum Gasteiger partial charge on any atom is -0.478 e. The molecule has 236 valence electrons. The van der Waals surface area contributed by atoms with Crippen LogP contribution in [-0.4, -0.2) is 80.6 Å². The summed E-state index contributed by atoms with van der Waals surface area (Å²) >= 11 is 0. The number of aliphatic carboxylic acids is 1. The molecule has 1 atom stereocenters. The highest BCUT2D eigenvalue weighted by Crippen LogP contribution is 2.54. The minimum absolute atomic E-state index is 0.0799. The van der Waals surface area contributed by atoms with Crippen LogP contribution in [0.3, 0.4) is 0 Å². The summed E-state index contributed by atoms with van der Waals surface area (Å²) in [5.41, 5.74) is 0. The van der Waals surface area contributed by atoms with Gasteiger partial charge in [0.25, 0.3) is 0 Å². The van der Waals surface area contributed by atoms with Crippen molar-refractivity contribution in [3.8, 4) is 0 Å². The van der Waals surface area contributed by atoms with E-state index in [1.54, 1.807) is 58.9 Å². The number of carboxylic acids is 1. The lowest BCUT2D eigenvalue weighted by atomic mass is 9.94. The number of ether oxygens (including phenoxy) is 1. The summed E-state index contributed by atoms with van der Waals surface area (Å²) in [5, 5.41) is 8.64. The molecule has 0 aromatic rings. The van der Waals surface area contributed by atoms with Crippen LogP contribution >= 0.6 is 0 Å². The van der Waals surface area contributed by atoms with Crippen LogP contribution in [0.5, 0.6) is 0 Å². The Balaban J connectivity index is 6.96. The Kier molecular flexibility index (Phi) is 12.3. The Morgan fingerprint density at radius 2 is 1.10 bits per heavy atom. The Morgan fingerprint density at radius 1 is 0.725 bits per heavy atom. The number of carbonyl (C=O) groups is 2. The van der Waals surface area contributed by atoms with Crippen LogP contribution in [0.15, 0.2) is 12.2 Å². The van der Waals surface area contributed by atoms with E-state index in [0.29, 0.717) is 0 Å². The van der Waals surface area contributed by atoms with Gasteiger partial charge in [0.05, 0.1) is 0 Å². The van der Waals surface area contributed by atoms with Crippen molar-refractivity contribution in [1.82, 2.24) is 0 Å². The van der Waals surface area contributed by atoms with E-state index in [0.717, 1.165) is 0 Å². The van der Waals surface area contributed by atoms with Crippen molar-refractivity contribution in [1.29, 1.82) is 0 Å². The van der Waals surface area contributed by atoms with Gasteiger partial charge in [-0.1, -0.05) is 0 Å². The summed E-state index contributed by atoms with van der Waals surface area (Å²) in [6, 6.07) is -0.730. The Labute approximate surface area is 233 Å². The van der Waals surface area contributed by atoms with Crippen molar-refractivity contribution in [3.05, 3.63) is 12.2 Å². The molecule has 0 fully saturated rings. The fourth-order valence-corrected chi connectivity index (χ4v) is 17.9. The van der Waals surface area contributed by atoms with Crippen LogP contribution in [-0.2, 0) is 26.7 Å². The van der Waals surface area contributed by atoms with Crippen molar-refractivity contribution in [2.45, 2.75) is 108 Å². The van der Waals surface area contributed by atoms with Gasteiger partial charge in [0.15, 0.2) is 31.1 Å². The normalized spacial score (nSPS) is 15.8. The van der Waals surface area contributed by atoms with Crippen LogP contribution in [0.4, 0.5) is 35.1 Å². The van der Waals surface area contributed by atoms with Gasteiger partial charge in [0, 0.05) is 25.1 Å². The Morgan fingerprint density at radius 3 is 1.40 bits per heavy atom. The number of halogens is 8. The summed E-state index contributed by atoms with van der Waals surface area (Å²) in [4.78, 5) is 22.7. The summed E-state index contributed by atoms with van der Waals surface area (Å²) in [6.07, 6.45) is -4.56. The molecule has 7 nitrogen and oxygen atoms in total. The number of hydrogen-bond acceptors (Lipinski definition) is 6. The van der Waals surface area contributed by atoms with Gasteiger partial charge in [0.1, 0.15) is 0 Å². The van der Waals surface area contributed by atoms with Gasteiger partial charge < -0.3 is 22.2 Å². The number of alkyl halides is 8. The first-order valence-corrected chi connectivity index (χ1v) is 24.2. The Hall–Kier alpha value is -1.13. The molecule has 19 heteroatoms.